The fourth-order valence-electron chi connectivity index (χ4n) is 5.69. The predicted octanol–water partition coefficient (Wildman–Crippen LogP) is 3.75. The van der Waals surface area contributed by atoms with E-state index in [9.17, 15) is 19.2 Å². The highest BCUT2D eigenvalue weighted by Gasteiger charge is 2.18. The van der Waals surface area contributed by atoms with E-state index in [1.54, 1.807) is 21.3 Å². The fraction of sp³-hybridized carbons (Fsp3) is 0.265. The van der Waals surface area contributed by atoms with Crippen molar-refractivity contribution in [3.8, 4) is 0 Å². The summed E-state index contributed by atoms with van der Waals surface area (Å²) in [7, 11) is 0. The molecular formula is C34H34N6O5. The van der Waals surface area contributed by atoms with Gasteiger partial charge in [-0.3, -0.25) is 27.9 Å². The van der Waals surface area contributed by atoms with E-state index in [2.05, 4.69) is 24.5 Å². The highest BCUT2D eigenvalue weighted by molar-refractivity contribution is 5.77. The molecule has 0 spiro atoms. The van der Waals surface area contributed by atoms with E-state index in [1.807, 2.05) is 54.6 Å². The molecule has 3 aromatic carbocycles. The summed E-state index contributed by atoms with van der Waals surface area (Å²) < 4.78 is 7.74. The number of hydrogen-bond donors (Lipinski definition) is 1. The second-order valence-electron chi connectivity index (χ2n) is 11.7. The van der Waals surface area contributed by atoms with Gasteiger partial charge in [-0.15, -0.1) is 0 Å². The Morgan fingerprint density at radius 1 is 0.711 bits per heavy atom. The molecule has 0 atom stereocenters. The smallest absolute Gasteiger partial charge is 0.331 e. The molecule has 0 amide bonds. The summed E-state index contributed by atoms with van der Waals surface area (Å²) in [5.41, 5.74) is 3.83. The highest BCUT2D eigenvalue weighted by Crippen LogP contribution is 2.21. The van der Waals surface area contributed by atoms with Gasteiger partial charge in [-0.2, -0.15) is 0 Å². The Bertz CT molecular complexity index is 2200. The molecule has 0 aliphatic rings. The Kier molecular flexibility index (Phi) is 8.08. The number of para-hydroxylation sites is 4. The molecule has 0 aliphatic heterocycles. The number of carbonyl (C=O) groups is 1. The van der Waals surface area contributed by atoms with Crippen molar-refractivity contribution in [3.05, 3.63) is 133 Å². The van der Waals surface area contributed by atoms with Crippen LogP contribution in [0, 0.1) is 5.92 Å². The molecule has 0 unspecified atom stereocenters. The molecule has 3 aromatic heterocycles. The molecule has 3 heterocycles. The van der Waals surface area contributed by atoms with Gasteiger partial charge in [0, 0.05) is 18.8 Å². The van der Waals surface area contributed by atoms with Gasteiger partial charge in [-0.05, 0) is 47.7 Å². The van der Waals surface area contributed by atoms with Crippen LogP contribution in [0.5, 0.6) is 0 Å². The first-order valence-corrected chi connectivity index (χ1v) is 14.9. The molecule has 0 saturated heterocycles. The van der Waals surface area contributed by atoms with Crippen LogP contribution >= 0.6 is 0 Å². The first kappa shape index (κ1) is 29.6. The van der Waals surface area contributed by atoms with Gasteiger partial charge in [-0.1, -0.05) is 62.4 Å². The monoisotopic (exact) mass is 606 g/mol. The number of hydrogen-bond acceptors (Lipinski definition) is 5. The average molecular weight is 607 g/mol. The predicted molar refractivity (Wildman–Crippen MR) is 172 cm³/mol. The number of aliphatic carboxylic acids is 1. The van der Waals surface area contributed by atoms with Crippen LogP contribution in [0.3, 0.4) is 0 Å². The number of aromatic nitrogens is 6. The third-order valence-electron chi connectivity index (χ3n) is 8.04. The van der Waals surface area contributed by atoms with Gasteiger partial charge in [0.2, 0.25) is 0 Å². The van der Waals surface area contributed by atoms with Crippen LogP contribution in [0.2, 0.25) is 0 Å². The average Bonchev–Trinajstić information content (AvgIpc) is 3.50. The highest BCUT2D eigenvalue weighted by atomic mass is 16.4. The summed E-state index contributed by atoms with van der Waals surface area (Å²) >= 11 is 0. The molecule has 6 rings (SSSR count). The quantitative estimate of drug-likeness (QED) is 0.240. The minimum Gasteiger partial charge on any atom is -0.480 e. The summed E-state index contributed by atoms with van der Waals surface area (Å²) in [6.45, 7) is 5.34. The molecule has 45 heavy (non-hydrogen) atoms. The maximum absolute atomic E-state index is 14.0. The van der Waals surface area contributed by atoms with Crippen LogP contribution in [-0.4, -0.2) is 38.9 Å². The topological polar surface area (TPSA) is 126 Å². The molecular weight excluding hydrogens is 572 g/mol. The lowest BCUT2D eigenvalue weighted by Crippen LogP contribution is -2.40. The van der Waals surface area contributed by atoms with Crippen LogP contribution in [0.25, 0.3) is 22.1 Å². The minimum atomic E-state index is -1.17. The Balaban J connectivity index is 1.30. The van der Waals surface area contributed by atoms with Gasteiger partial charge in [0.1, 0.15) is 12.4 Å². The SMILES string of the molecule is CC(C)CCn1c(Cn2c(=O)n(Cc3ccc(Cn4c(=O)ccn(CC(=O)O)c4=O)cc3)c3ccccc32)nc2ccccc21. The Hall–Kier alpha value is -5.45. The minimum absolute atomic E-state index is 0.00449. The van der Waals surface area contributed by atoms with Crippen molar-refractivity contribution in [2.75, 3.05) is 0 Å². The van der Waals surface area contributed by atoms with E-state index < -0.39 is 23.8 Å². The van der Waals surface area contributed by atoms with Crippen molar-refractivity contribution >= 4 is 28.0 Å². The van der Waals surface area contributed by atoms with E-state index in [1.165, 1.54) is 12.3 Å². The standard InChI is InChI=1S/C34H34N6O5/c1-23(2)15-18-37-27-8-4-3-7-26(27)35-30(37)21-39-29-10-6-5-9-28(29)38(34(39)45)19-24-11-13-25(14-12-24)20-40-31(41)16-17-36(33(40)44)22-32(42)43/h3-14,16-17,23H,15,18-22H2,1-2H3,(H,42,43). The van der Waals surface area contributed by atoms with E-state index in [-0.39, 0.29) is 12.2 Å². The van der Waals surface area contributed by atoms with Crippen LogP contribution in [0.1, 0.15) is 37.2 Å². The lowest BCUT2D eigenvalue weighted by atomic mass is 10.1. The first-order chi connectivity index (χ1) is 21.7. The number of nitrogens with zero attached hydrogens (tertiary/aromatic N) is 6. The van der Waals surface area contributed by atoms with Gasteiger partial charge in [0.25, 0.3) is 5.56 Å². The van der Waals surface area contributed by atoms with Gasteiger partial charge in [0.05, 0.1) is 41.7 Å². The summed E-state index contributed by atoms with van der Waals surface area (Å²) in [5.74, 6) is 0.192. The largest absolute Gasteiger partial charge is 0.480 e. The zero-order valence-electron chi connectivity index (χ0n) is 25.2. The molecule has 11 heteroatoms. The molecule has 0 aliphatic carbocycles. The summed E-state index contributed by atoms with van der Waals surface area (Å²) in [6, 6.07) is 24.3. The van der Waals surface area contributed by atoms with E-state index >= 15 is 0 Å². The van der Waals surface area contributed by atoms with Crippen LogP contribution in [0.15, 0.2) is 99.4 Å². The van der Waals surface area contributed by atoms with Crippen molar-refractivity contribution in [3.63, 3.8) is 0 Å². The van der Waals surface area contributed by atoms with E-state index in [4.69, 9.17) is 10.1 Å². The molecule has 0 bridgehead atoms. The Morgan fingerprint density at radius 2 is 1.29 bits per heavy atom. The Labute approximate surface area is 257 Å². The van der Waals surface area contributed by atoms with Gasteiger partial charge >= 0.3 is 17.3 Å². The third-order valence-corrected chi connectivity index (χ3v) is 8.04. The molecule has 0 saturated carbocycles. The number of imidazole rings is 2. The lowest BCUT2D eigenvalue weighted by molar-refractivity contribution is -0.137. The number of carboxylic acids is 1. The van der Waals surface area contributed by atoms with Crippen molar-refractivity contribution < 1.29 is 9.90 Å². The number of rotatable bonds is 11. The van der Waals surface area contributed by atoms with E-state index in [0.717, 1.165) is 55.6 Å². The van der Waals surface area contributed by atoms with Crippen molar-refractivity contribution in [1.29, 1.82) is 0 Å². The second kappa shape index (κ2) is 12.3. The number of benzene rings is 3. The van der Waals surface area contributed by atoms with Crippen molar-refractivity contribution in [1.82, 2.24) is 27.8 Å². The fourth-order valence-corrected chi connectivity index (χ4v) is 5.69. The zero-order chi connectivity index (χ0) is 31.7. The van der Waals surface area contributed by atoms with Crippen LogP contribution in [-0.2, 0) is 37.5 Å². The Morgan fingerprint density at radius 3 is 1.91 bits per heavy atom. The van der Waals surface area contributed by atoms with Crippen molar-refractivity contribution in [2.24, 2.45) is 5.92 Å². The molecule has 11 nitrogen and oxygen atoms in total. The molecule has 1 N–H and O–H groups in total. The van der Waals surface area contributed by atoms with Crippen molar-refractivity contribution in [2.45, 2.75) is 53.0 Å². The number of carboxylic acid groups (broad SMARTS) is 1. The normalized spacial score (nSPS) is 11.6. The first-order valence-electron chi connectivity index (χ1n) is 14.9. The molecule has 230 valence electrons. The van der Waals surface area contributed by atoms with Crippen LogP contribution < -0.4 is 16.9 Å². The second-order valence-corrected chi connectivity index (χ2v) is 11.7. The molecule has 0 radical (unpaired) electrons. The summed E-state index contributed by atoms with van der Waals surface area (Å²) in [5, 5.41) is 9.06. The summed E-state index contributed by atoms with van der Waals surface area (Å²) in [6.07, 6.45) is 2.19. The third kappa shape index (κ3) is 6.01. The number of fused-ring (bicyclic) bond motifs is 2. The zero-order valence-corrected chi connectivity index (χ0v) is 25.2. The molecule has 6 aromatic rings. The summed E-state index contributed by atoms with van der Waals surface area (Å²) in [4.78, 5) is 55.0. The van der Waals surface area contributed by atoms with Crippen LogP contribution in [0.4, 0.5) is 0 Å². The maximum atomic E-state index is 14.0. The number of aryl methyl sites for hydroxylation is 1. The van der Waals surface area contributed by atoms with E-state index in [0.29, 0.717) is 24.6 Å². The van der Waals surface area contributed by atoms with Gasteiger partial charge < -0.3 is 9.67 Å². The van der Waals surface area contributed by atoms with Gasteiger partial charge in [-0.25, -0.2) is 14.6 Å². The lowest BCUT2D eigenvalue weighted by Gasteiger charge is -2.11. The van der Waals surface area contributed by atoms with Gasteiger partial charge in [0.15, 0.2) is 0 Å². The maximum Gasteiger partial charge on any atom is 0.331 e. The molecule has 0 fully saturated rings.